The molecular weight excluding hydrogens is 254 g/mol. The number of halogens is 1. The lowest BCUT2D eigenvalue weighted by Gasteiger charge is -2.26. The van der Waals surface area contributed by atoms with Gasteiger partial charge in [0.05, 0.1) is 5.75 Å². The van der Waals surface area contributed by atoms with Gasteiger partial charge in [0.1, 0.15) is 0 Å². The Morgan fingerprint density at radius 2 is 2.07 bits per heavy atom. The lowest BCUT2D eigenvalue weighted by Crippen LogP contribution is -2.34. The Balaban J connectivity index is 3.85. The van der Waals surface area contributed by atoms with Gasteiger partial charge < -0.3 is 4.90 Å². The van der Waals surface area contributed by atoms with Crippen molar-refractivity contribution in [2.24, 2.45) is 0 Å². The van der Waals surface area contributed by atoms with Crippen LogP contribution >= 0.6 is 22.4 Å². The predicted molar refractivity (Wildman–Crippen MR) is 69.3 cm³/mol. The Morgan fingerprint density at radius 3 is 2.47 bits per heavy atom. The molecule has 0 saturated carbocycles. The summed E-state index contributed by atoms with van der Waals surface area (Å²) in [7, 11) is 3.85. The topological polar surface area (TPSA) is 37.4 Å². The van der Waals surface area contributed by atoms with Crippen molar-refractivity contribution < 1.29 is 8.42 Å². The van der Waals surface area contributed by atoms with Gasteiger partial charge in [-0.1, -0.05) is 6.92 Å². The third-order valence-corrected chi connectivity index (χ3v) is 4.31. The molecule has 0 spiro atoms. The summed E-state index contributed by atoms with van der Waals surface area (Å²) in [5, 5.41) is 0. The van der Waals surface area contributed by atoms with E-state index in [4.69, 9.17) is 10.7 Å². The van der Waals surface area contributed by atoms with E-state index in [1.807, 2.05) is 18.8 Å². The summed E-state index contributed by atoms with van der Waals surface area (Å²) in [5.41, 5.74) is 0. The lowest BCUT2D eigenvalue weighted by molar-refractivity contribution is 0.257. The first kappa shape index (κ1) is 15.6. The van der Waals surface area contributed by atoms with Crippen LogP contribution < -0.4 is 0 Å². The second kappa shape index (κ2) is 7.76. The highest BCUT2D eigenvalue weighted by Crippen LogP contribution is 2.09. The van der Waals surface area contributed by atoms with E-state index in [0.29, 0.717) is 12.5 Å². The molecule has 0 amide bonds. The van der Waals surface area contributed by atoms with Crippen LogP contribution in [0, 0.1) is 0 Å². The van der Waals surface area contributed by atoms with Crippen LogP contribution in [-0.4, -0.2) is 50.7 Å². The Morgan fingerprint density at radius 1 is 1.47 bits per heavy atom. The largest absolute Gasteiger partial charge is 0.303 e. The maximum Gasteiger partial charge on any atom is 0.232 e. The maximum atomic E-state index is 10.7. The molecule has 1 atom stereocenters. The molecule has 0 heterocycles. The number of thioether (sulfide) groups is 1. The van der Waals surface area contributed by atoms with Crippen molar-refractivity contribution >= 4 is 31.5 Å². The van der Waals surface area contributed by atoms with Crippen LogP contribution in [0.5, 0.6) is 0 Å². The molecule has 0 rings (SSSR count). The average molecular weight is 274 g/mol. The second-order valence-electron chi connectivity index (χ2n) is 3.59. The van der Waals surface area contributed by atoms with Gasteiger partial charge in [-0.05, 0) is 32.7 Å². The minimum atomic E-state index is -3.32. The van der Waals surface area contributed by atoms with Gasteiger partial charge in [0, 0.05) is 22.5 Å². The monoisotopic (exact) mass is 273 g/mol. The van der Waals surface area contributed by atoms with E-state index in [0.717, 1.165) is 18.7 Å². The van der Waals surface area contributed by atoms with Gasteiger partial charge >= 0.3 is 0 Å². The molecule has 15 heavy (non-hydrogen) atoms. The SMILES string of the molecule is CCC(CSC)N(C)CCCS(=O)(=O)Cl. The van der Waals surface area contributed by atoms with Crippen molar-refractivity contribution in [2.45, 2.75) is 25.8 Å². The number of hydrogen-bond donors (Lipinski definition) is 0. The van der Waals surface area contributed by atoms with Gasteiger partial charge in [-0.2, -0.15) is 11.8 Å². The molecule has 0 aliphatic heterocycles. The molecule has 0 aliphatic rings. The van der Waals surface area contributed by atoms with Gasteiger partial charge in [-0.25, -0.2) is 8.42 Å². The first-order valence-corrected chi connectivity index (χ1v) is 8.89. The summed E-state index contributed by atoms with van der Waals surface area (Å²) in [5.74, 6) is 1.15. The van der Waals surface area contributed by atoms with Gasteiger partial charge in [0.15, 0.2) is 0 Å². The van der Waals surface area contributed by atoms with E-state index < -0.39 is 9.05 Å². The fraction of sp³-hybridized carbons (Fsp3) is 1.00. The molecule has 0 aromatic heterocycles. The fourth-order valence-corrected chi connectivity index (χ4v) is 3.09. The van der Waals surface area contributed by atoms with Crippen LogP contribution in [0.15, 0.2) is 0 Å². The predicted octanol–water partition coefficient (Wildman–Crippen LogP) is 2.02. The van der Waals surface area contributed by atoms with Crippen molar-refractivity contribution in [3.05, 3.63) is 0 Å². The third kappa shape index (κ3) is 8.37. The Labute approximate surface area is 102 Å². The van der Waals surface area contributed by atoms with Gasteiger partial charge in [-0.15, -0.1) is 0 Å². The molecule has 0 fully saturated rings. The van der Waals surface area contributed by atoms with Crippen LogP contribution in [-0.2, 0) is 9.05 Å². The molecule has 92 valence electrons. The molecule has 3 nitrogen and oxygen atoms in total. The highest BCUT2D eigenvalue weighted by atomic mass is 35.7. The molecule has 0 radical (unpaired) electrons. The van der Waals surface area contributed by atoms with Crippen molar-refractivity contribution in [1.82, 2.24) is 4.90 Å². The lowest BCUT2D eigenvalue weighted by atomic mass is 10.2. The maximum absolute atomic E-state index is 10.7. The normalized spacial score (nSPS) is 14.5. The number of hydrogen-bond acceptors (Lipinski definition) is 4. The average Bonchev–Trinajstić information content (AvgIpc) is 2.11. The van der Waals surface area contributed by atoms with Crippen molar-refractivity contribution in [3.8, 4) is 0 Å². The van der Waals surface area contributed by atoms with Crippen molar-refractivity contribution in [3.63, 3.8) is 0 Å². The van der Waals surface area contributed by atoms with Crippen LogP contribution in [0.25, 0.3) is 0 Å². The minimum Gasteiger partial charge on any atom is -0.303 e. The zero-order valence-electron chi connectivity index (χ0n) is 9.57. The Bertz CT molecular complexity index is 257. The van der Waals surface area contributed by atoms with E-state index in [1.54, 1.807) is 0 Å². The minimum absolute atomic E-state index is 0.0641. The molecule has 0 bridgehead atoms. The van der Waals surface area contributed by atoms with Crippen molar-refractivity contribution in [2.75, 3.05) is 31.4 Å². The standard InChI is InChI=1S/C9H20ClNO2S2/c1-4-9(8-14-3)11(2)6-5-7-15(10,12)13/h9H,4-8H2,1-3H3. The van der Waals surface area contributed by atoms with Crippen LogP contribution in [0.1, 0.15) is 19.8 Å². The molecule has 0 N–H and O–H groups in total. The summed E-state index contributed by atoms with van der Waals surface area (Å²) in [6.45, 7) is 2.93. The summed E-state index contributed by atoms with van der Waals surface area (Å²) in [4.78, 5) is 2.21. The zero-order chi connectivity index (χ0) is 11.9. The highest BCUT2D eigenvalue weighted by Gasteiger charge is 2.12. The molecule has 0 aliphatic carbocycles. The van der Waals surface area contributed by atoms with E-state index in [9.17, 15) is 8.42 Å². The molecule has 0 aromatic carbocycles. The van der Waals surface area contributed by atoms with E-state index >= 15 is 0 Å². The molecule has 0 aromatic rings. The summed E-state index contributed by atoms with van der Waals surface area (Å²) in [6, 6.07) is 0.526. The smallest absolute Gasteiger partial charge is 0.232 e. The Kier molecular flexibility index (Phi) is 8.05. The highest BCUT2D eigenvalue weighted by molar-refractivity contribution is 8.13. The van der Waals surface area contributed by atoms with Crippen LogP contribution in [0.2, 0.25) is 0 Å². The second-order valence-corrected chi connectivity index (χ2v) is 7.40. The van der Waals surface area contributed by atoms with Crippen molar-refractivity contribution in [1.29, 1.82) is 0 Å². The summed E-state index contributed by atoms with van der Waals surface area (Å²) >= 11 is 1.82. The number of rotatable bonds is 8. The van der Waals surface area contributed by atoms with Gasteiger partial charge in [-0.3, -0.25) is 0 Å². The van der Waals surface area contributed by atoms with E-state index in [2.05, 4.69) is 18.1 Å². The first-order valence-electron chi connectivity index (χ1n) is 5.02. The summed E-state index contributed by atoms with van der Waals surface area (Å²) in [6.07, 6.45) is 3.78. The molecule has 1 unspecified atom stereocenters. The van der Waals surface area contributed by atoms with E-state index in [-0.39, 0.29) is 5.75 Å². The van der Waals surface area contributed by atoms with Crippen LogP contribution in [0.3, 0.4) is 0 Å². The zero-order valence-corrected chi connectivity index (χ0v) is 12.0. The first-order chi connectivity index (χ1) is 6.90. The van der Waals surface area contributed by atoms with Crippen LogP contribution in [0.4, 0.5) is 0 Å². The fourth-order valence-electron chi connectivity index (χ4n) is 1.42. The quantitative estimate of drug-likeness (QED) is 0.634. The summed E-state index contributed by atoms with van der Waals surface area (Å²) < 4.78 is 21.4. The van der Waals surface area contributed by atoms with E-state index in [1.165, 1.54) is 0 Å². The Hall–Kier alpha value is 0.550. The third-order valence-electron chi connectivity index (χ3n) is 2.35. The molecule has 6 heteroatoms. The van der Waals surface area contributed by atoms with Gasteiger partial charge in [0.2, 0.25) is 9.05 Å². The molecule has 0 saturated heterocycles. The van der Waals surface area contributed by atoms with Gasteiger partial charge in [0.25, 0.3) is 0 Å². The molecular formula is C9H20ClNO2S2. The number of nitrogens with zero attached hydrogens (tertiary/aromatic N) is 1.